The maximum atomic E-state index is 12.1. The van der Waals surface area contributed by atoms with Gasteiger partial charge in [0.1, 0.15) is 10.8 Å². The summed E-state index contributed by atoms with van der Waals surface area (Å²) in [4.78, 5) is 11.5. The van der Waals surface area contributed by atoms with Crippen LogP contribution in [0.25, 0.3) is 0 Å². The zero-order chi connectivity index (χ0) is 14.8. The number of hydrogen-bond donors (Lipinski definition) is 2. The molecule has 9 heteroatoms. The lowest BCUT2D eigenvalue weighted by atomic mass is 10.4. The average Bonchev–Trinajstić information content (AvgIpc) is 2.97. The first-order chi connectivity index (χ1) is 9.40. The van der Waals surface area contributed by atoms with Gasteiger partial charge in [0.25, 0.3) is 10.0 Å². The normalized spacial score (nSPS) is 11.4. The van der Waals surface area contributed by atoms with Crippen LogP contribution in [-0.4, -0.2) is 29.3 Å². The van der Waals surface area contributed by atoms with Gasteiger partial charge in [-0.15, -0.1) is 11.3 Å². The summed E-state index contributed by atoms with van der Waals surface area (Å²) >= 11 is 1.20. The Morgan fingerprint density at radius 2 is 2.25 bits per heavy atom. The number of aromatic nitrogens is 2. The summed E-state index contributed by atoms with van der Waals surface area (Å²) in [7, 11) is -3.65. The highest BCUT2D eigenvalue weighted by atomic mass is 32.2. The van der Waals surface area contributed by atoms with Crippen molar-refractivity contribution in [2.45, 2.75) is 24.1 Å². The van der Waals surface area contributed by atoms with E-state index in [0.717, 1.165) is 16.0 Å². The standard InChI is InChI=1S/C11H13N3O4S2/c1-2-9-3-4-11(19-9)20(17,18)13-8-5-12-14(6-8)7-10(15)16/h3-6,13H,2,7H2,1H3,(H,15,16). The first-order valence-corrected chi connectivity index (χ1v) is 8.06. The summed E-state index contributed by atoms with van der Waals surface area (Å²) in [5.41, 5.74) is 0.234. The molecule has 2 rings (SSSR count). The number of sulfonamides is 1. The van der Waals surface area contributed by atoms with Crippen molar-refractivity contribution in [3.8, 4) is 0 Å². The molecule has 2 aromatic rings. The van der Waals surface area contributed by atoms with Crippen LogP contribution in [0.5, 0.6) is 0 Å². The van der Waals surface area contributed by atoms with Crippen LogP contribution < -0.4 is 4.72 Å². The monoisotopic (exact) mass is 315 g/mol. The number of nitrogens with zero attached hydrogens (tertiary/aromatic N) is 2. The van der Waals surface area contributed by atoms with Gasteiger partial charge >= 0.3 is 5.97 Å². The Balaban J connectivity index is 2.15. The van der Waals surface area contributed by atoms with Crippen LogP contribution in [0.3, 0.4) is 0 Å². The lowest BCUT2D eigenvalue weighted by Gasteiger charge is -2.02. The average molecular weight is 315 g/mol. The minimum Gasteiger partial charge on any atom is -0.480 e. The number of nitrogens with one attached hydrogen (secondary N) is 1. The van der Waals surface area contributed by atoms with E-state index in [1.54, 1.807) is 12.1 Å². The fourth-order valence-corrected chi connectivity index (χ4v) is 3.86. The van der Waals surface area contributed by atoms with E-state index >= 15 is 0 Å². The molecule has 0 spiro atoms. The lowest BCUT2D eigenvalue weighted by Crippen LogP contribution is -2.11. The molecule has 0 saturated carbocycles. The van der Waals surface area contributed by atoms with Crippen molar-refractivity contribution in [1.82, 2.24) is 9.78 Å². The van der Waals surface area contributed by atoms with Gasteiger partial charge in [0.2, 0.25) is 0 Å². The van der Waals surface area contributed by atoms with E-state index < -0.39 is 16.0 Å². The van der Waals surface area contributed by atoms with Crippen molar-refractivity contribution in [3.05, 3.63) is 29.4 Å². The smallest absolute Gasteiger partial charge is 0.325 e. The van der Waals surface area contributed by atoms with Crippen molar-refractivity contribution in [2.75, 3.05) is 4.72 Å². The third-order valence-corrected chi connectivity index (χ3v) is 5.54. The molecule has 2 aromatic heterocycles. The molecule has 2 N–H and O–H groups in total. The number of hydrogen-bond acceptors (Lipinski definition) is 5. The molecule has 0 bridgehead atoms. The van der Waals surface area contributed by atoms with Crippen LogP contribution in [0.2, 0.25) is 0 Å². The fraction of sp³-hybridized carbons (Fsp3) is 0.273. The summed E-state index contributed by atoms with van der Waals surface area (Å²) in [6.45, 7) is 1.63. The van der Waals surface area contributed by atoms with Gasteiger partial charge < -0.3 is 5.11 Å². The zero-order valence-electron chi connectivity index (χ0n) is 10.6. The maximum Gasteiger partial charge on any atom is 0.325 e. The third kappa shape index (κ3) is 3.36. The van der Waals surface area contributed by atoms with Gasteiger partial charge in [-0.2, -0.15) is 5.10 Å². The van der Waals surface area contributed by atoms with E-state index in [2.05, 4.69) is 9.82 Å². The molecule has 0 aromatic carbocycles. The molecule has 2 heterocycles. The van der Waals surface area contributed by atoms with Gasteiger partial charge in [0, 0.05) is 11.1 Å². The Labute approximate surface area is 119 Å². The summed E-state index contributed by atoms with van der Waals surface area (Å²) in [5, 5.41) is 12.4. The predicted molar refractivity (Wildman–Crippen MR) is 74.4 cm³/mol. The van der Waals surface area contributed by atoms with Crippen molar-refractivity contribution >= 4 is 33.0 Å². The van der Waals surface area contributed by atoms with E-state index in [1.807, 2.05) is 6.92 Å². The first-order valence-electron chi connectivity index (χ1n) is 5.76. The number of aliphatic carboxylic acids is 1. The molecule has 0 saturated heterocycles. The minimum atomic E-state index is -3.65. The Morgan fingerprint density at radius 3 is 2.85 bits per heavy atom. The molecule has 108 valence electrons. The summed E-state index contributed by atoms with van der Waals surface area (Å²) in [5.74, 6) is -1.05. The van der Waals surface area contributed by atoms with Gasteiger partial charge in [-0.3, -0.25) is 14.2 Å². The maximum absolute atomic E-state index is 12.1. The SMILES string of the molecule is CCc1ccc(S(=O)(=O)Nc2cnn(CC(=O)O)c2)s1. The quantitative estimate of drug-likeness (QED) is 0.839. The molecule has 0 unspecified atom stereocenters. The van der Waals surface area contributed by atoms with Crippen LogP contribution in [0, 0.1) is 0 Å². The molecule has 20 heavy (non-hydrogen) atoms. The second-order valence-electron chi connectivity index (χ2n) is 4.00. The molecule has 0 fully saturated rings. The fourth-order valence-electron chi connectivity index (χ4n) is 1.54. The predicted octanol–water partition coefficient (Wildman–Crippen LogP) is 1.39. The third-order valence-electron chi connectivity index (χ3n) is 2.43. The number of thiophene rings is 1. The highest BCUT2D eigenvalue weighted by Gasteiger charge is 2.17. The second kappa shape index (κ2) is 5.63. The van der Waals surface area contributed by atoms with Crippen LogP contribution >= 0.6 is 11.3 Å². The largest absolute Gasteiger partial charge is 0.480 e. The Bertz CT molecular complexity index is 718. The van der Waals surface area contributed by atoms with Gasteiger partial charge in [-0.05, 0) is 18.6 Å². The number of aryl methyl sites for hydroxylation is 1. The number of carbonyl (C=O) groups is 1. The Morgan fingerprint density at radius 1 is 1.50 bits per heavy atom. The summed E-state index contributed by atoms with van der Waals surface area (Å²) in [6.07, 6.45) is 3.38. The van der Waals surface area contributed by atoms with Crippen molar-refractivity contribution < 1.29 is 18.3 Å². The topological polar surface area (TPSA) is 101 Å². The molecule has 0 radical (unpaired) electrons. The Kier molecular flexibility index (Phi) is 4.09. The van der Waals surface area contributed by atoms with Gasteiger partial charge in [-0.1, -0.05) is 6.92 Å². The van der Waals surface area contributed by atoms with E-state index in [0.29, 0.717) is 0 Å². The first kappa shape index (κ1) is 14.5. The highest BCUT2D eigenvalue weighted by molar-refractivity contribution is 7.94. The van der Waals surface area contributed by atoms with Crippen molar-refractivity contribution in [2.24, 2.45) is 0 Å². The molecular formula is C11H13N3O4S2. The minimum absolute atomic E-state index is 0.223. The molecule has 0 amide bonds. The number of carboxylic acids is 1. The van der Waals surface area contributed by atoms with Crippen LogP contribution in [0.1, 0.15) is 11.8 Å². The number of anilines is 1. The van der Waals surface area contributed by atoms with Crippen molar-refractivity contribution in [1.29, 1.82) is 0 Å². The molecule has 0 atom stereocenters. The van der Waals surface area contributed by atoms with E-state index in [-0.39, 0.29) is 16.4 Å². The van der Waals surface area contributed by atoms with Gasteiger partial charge in [0.05, 0.1) is 11.9 Å². The Hall–Kier alpha value is -1.87. The second-order valence-corrected chi connectivity index (χ2v) is 7.08. The lowest BCUT2D eigenvalue weighted by molar-refractivity contribution is -0.137. The van der Waals surface area contributed by atoms with Crippen molar-refractivity contribution in [3.63, 3.8) is 0 Å². The zero-order valence-corrected chi connectivity index (χ0v) is 12.2. The molecule has 0 aliphatic heterocycles. The van der Waals surface area contributed by atoms with E-state index in [4.69, 9.17) is 5.11 Å². The summed E-state index contributed by atoms with van der Waals surface area (Å²) < 4.78 is 28.0. The molecule has 0 aliphatic carbocycles. The van der Waals surface area contributed by atoms with Gasteiger partial charge in [-0.25, -0.2) is 8.42 Å². The number of rotatable bonds is 6. The van der Waals surface area contributed by atoms with Crippen LogP contribution in [0.15, 0.2) is 28.7 Å². The summed E-state index contributed by atoms with van der Waals surface area (Å²) in [6, 6.07) is 3.32. The number of carboxylic acid groups (broad SMARTS) is 1. The van der Waals surface area contributed by atoms with E-state index in [1.165, 1.54) is 23.7 Å². The highest BCUT2D eigenvalue weighted by Crippen LogP contribution is 2.24. The molecular weight excluding hydrogens is 302 g/mol. The molecule has 0 aliphatic rings. The van der Waals surface area contributed by atoms with E-state index in [9.17, 15) is 13.2 Å². The van der Waals surface area contributed by atoms with Gasteiger partial charge in [0.15, 0.2) is 0 Å². The van der Waals surface area contributed by atoms with Crippen LogP contribution in [0.4, 0.5) is 5.69 Å². The molecule has 7 nitrogen and oxygen atoms in total. The van der Waals surface area contributed by atoms with Crippen LogP contribution in [-0.2, 0) is 27.8 Å².